The lowest BCUT2D eigenvalue weighted by Gasteiger charge is -2.09. The third-order valence-electron chi connectivity index (χ3n) is 3.88. The van der Waals surface area contributed by atoms with E-state index in [0.717, 1.165) is 46.0 Å². The van der Waals surface area contributed by atoms with Gasteiger partial charge < -0.3 is 10.1 Å². The fourth-order valence-electron chi connectivity index (χ4n) is 2.74. The van der Waals surface area contributed by atoms with Crippen LogP contribution in [0.5, 0.6) is 5.88 Å². The monoisotopic (exact) mass is 470 g/mol. The first-order valence-corrected chi connectivity index (χ1v) is 11.9. The predicted molar refractivity (Wildman–Crippen MR) is 112 cm³/mol. The largest absolute Gasteiger partial charge is 0.476 e. The number of hydrogen-bond acceptors (Lipinski definition) is 5. The van der Waals surface area contributed by atoms with Crippen LogP contribution in [0.4, 0.5) is 0 Å². The summed E-state index contributed by atoms with van der Waals surface area (Å²) in [5, 5.41) is 13.2. The van der Waals surface area contributed by atoms with Crippen LogP contribution in [-0.2, 0) is 7.05 Å². The molecule has 132 valence electrons. The number of rotatable bonds is 7. The number of aromatic nitrogens is 5. The normalized spacial score (nSPS) is 11.7. The predicted octanol–water partition coefficient (Wildman–Crippen LogP) is 3.17. The zero-order chi connectivity index (χ0) is 18.0. The van der Waals surface area contributed by atoms with Gasteiger partial charge in [0.25, 0.3) is 0 Å². The Kier molecular flexibility index (Phi) is 5.71. The summed E-state index contributed by atoms with van der Waals surface area (Å²) in [5.74, 6) is 0.725. The maximum atomic E-state index is 5.94. The second-order valence-electron chi connectivity index (χ2n) is 5.51. The Labute approximate surface area is 161 Å². The van der Waals surface area contributed by atoms with Crippen molar-refractivity contribution in [3.63, 3.8) is 0 Å². The third-order valence-corrected chi connectivity index (χ3v) is 5.76. The summed E-state index contributed by atoms with van der Waals surface area (Å²) in [6, 6.07) is 2.04. The van der Waals surface area contributed by atoms with Crippen LogP contribution in [0.15, 0.2) is 18.8 Å². The second kappa shape index (κ2) is 7.80. The quantitative estimate of drug-likeness (QED) is 0.327. The summed E-state index contributed by atoms with van der Waals surface area (Å²) in [7, 11) is 3.78. The topological polar surface area (TPSA) is 69.8 Å². The van der Waals surface area contributed by atoms with Crippen LogP contribution in [-0.4, -0.2) is 44.5 Å². The van der Waals surface area contributed by atoms with Crippen molar-refractivity contribution in [2.75, 3.05) is 20.2 Å². The van der Waals surface area contributed by atoms with E-state index in [1.807, 2.05) is 37.7 Å². The summed E-state index contributed by atoms with van der Waals surface area (Å²) in [6.45, 7) is 7.17. The van der Waals surface area contributed by atoms with Gasteiger partial charge in [0.2, 0.25) is 5.88 Å². The van der Waals surface area contributed by atoms with Gasteiger partial charge in [-0.2, -0.15) is 10.2 Å². The van der Waals surface area contributed by atoms with E-state index in [-0.39, 0.29) is 0 Å². The molecule has 0 aliphatic carbocycles. The number of halogens is 1. The summed E-state index contributed by atoms with van der Waals surface area (Å²) >= 11 is 2.31. The fourth-order valence-corrected chi connectivity index (χ4v) is 4.25. The number of hydrogen-bond donors (Lipinski definition) is 1. The van der Waals surface area contributed by atoms with Crippen LogP contribution in [0, 0.1) is 6.92 Å². The van der Waals surface area contributed by atoms with Crippen molar-refractivity contribution < 1.29 is 4.74 Å². The molecule has 0 saturated heterocycles. The fraction of sp³-hybridized carbons (Fsp3) is 0.312. The SMILES string of the molecule is C=Cc1nn(PI)c2cnc(-c3c(C)nn(C)c3OCCNC)cc12. The van der Waals surface area contributed by atoms with Crippen molar-refractivity contribution in [1.29, 1.82) is 0 Å². The highest BCUT2D eigenvalue weighted by atomic mass is 127. The molecule has 1 N–H and O–H groups in total. The highest BCUT2D eigenvalue weighted by molar-refractivity contribution is 14.2. The van der Waals surface area contributed by atoms with Crippen molar-refractivity contribution in [3.05, 3.63) is 30.2 Å². The summed E-state index contributed by atoms with van der Waals surface area (Å²) in [6.07, 6.45) is 4.15. The Bertz CT molecular complexity index is 919. The molecule has 9 heteroatoms. The highest BCUT2D eigenvalue weighted by Gasteiger charge is 2.19. The molecular weight excluding hydrogens is 450 g/mol. The van der Waals surface area contributed by atoms with E-state index < -0.39 is 0 Å². The third kappa shape index (κ3) is 3.43. The smallest absolute Gasteiger partial charge is 0.221 e. The van der Waals surface area contributed by atoms with E-state index in [1.165, 1.54) is 0 Å². The maximum Gasteiger partial charge on any atom is 0.221 e. The van der Waals surface area contributed by atoms with E-state index in [9.17, 15) is 0 Å². The number of nitrogens with zero attached hydrogens (tertiary/aromatic N) is 5. The van der Waals surface area contributed by atoms with E-state index in [0.29, 0.717) is 13.0 Å². The van der Waals surface area contributed by atoms with Gasteiger partial charge in [-0.15, -0.1) is 0 Å². The molecule has 3 aromatic heterocycles. The summed E-state index contributed by atoms with van der Waals surface area (Å²) in [4.78, 5) is 4.65. The van der Waals surface area contributed by atoms with Crippen LogP contribution in [0.2, 0.25) is 0 Å². The van der Waals surface area contributed by atoms with Gasteiger partial charge in [0.05, 0.1) is 40.7 Å². The molecule has 0 amide bonds. The summed E-state index contributed by atoms with van der Waals surface area (Å²) in [5.41, 5.74) is 4.50. The molecule has 0 aliphatic rings. The number of likely N-dealkylation sites (N-methyl/N-ethyl adjacent to an activating group) is 1. The molecule has 7 nitrogen and oxygen atoms in total. The van der Waals surface area contributed by atoms with Gasteiger partial charge in [0, 0.05) is 19.0 Å². The van der Waals surface area contributed by atoms with Crippen LogP contribution >= 0.6 is 28.4 Å². The number of fused-ring (bicyclic) bond motifs is 1. The van der Waals surface area contributed by atoms with E-state index in [1.54, 1.807) is 10.8 Å². The molecule has 3 aromatic rings. The number of nitrogens with one attached hydrogen (secondary N) is 1. The number of pyridine rings is 1. The molecule has 0 spiro atoms. The van der Waals surface area contributed by atoms with Gasteiger partial charge >= 0.3 is 0 Å². The standard InChI is InChI=1S/C16H20IN6OP/c1-5-12-11-8-13(19-9-14(11)23(21-12)25-17)15-10(2)20-22(4)16(15)24-7-6-18-3/h5,8-9,18,25H,1,6-7H2,2-4H3. The minimum Gasteiger partial charge on any atom is -0.476 e. The lowest BCUT2D eigenvalue weighted by atomic mass is 10.1. The van der Waals surface area contributed by atoms with Gasteiger partial charge in [0.1, 0.15) is 6.61 Å². The van der Waals surface area contributed by atoms with Crippen molar-refractivity contribution in [2.24, 2.45) is 7.05 Å². The Morgan fingerprint density at radius 3 is 2.92 bits per heavy atom. The van der Waals surface area contributed by atoms with Crippen molar-refractivity contribution in [1.82, 2.24) is 29.6 Å². The Morgan fingerprint density at radius 1 is 1.44 bits per heavy atom. The molecule has 0 aliphatic heterocycles. The molecule has 3 rings (SSSR count). The first kappa shape index (κ1) is 18.3. The van der Waals surface area contributed by atoms with Gasteiger partial charge in [-0.25, -0.2) is 9.13 Å². The molecule has 0 radical (unpaired) electrons. The van der Waals surface area contributed by atoms with Crippen molar-refractivity contribution in [3.8, 4) is 17.1 Å². The van der Waals surface area contributed by atoms with Crippen LogP contribution in [0.3, 0.4) is 0 Å². The molecule has 0 bridgehead atoms. The average molecular weight is 470 g/mol. The maximum absolute atomic E-state index is 5.94. The van der Waals surface area contributed by atoms with E-state index in [4.69, 9.17) is 4.74 Å². The van der Waals surface area contributed by atoms with Gasteiger partial charge in [0.15, 0.2) is 0 Å². The highest BCUT2D eigenvalue weighted by Crippen LogP contribution is 2.36. The Hall–Kier alpha value is -1.51. The lowest BCUT2D eigenvalue weighted by Crippen LogP contribution is -2.17. The molecular formula is C16H20IN6OP. The Balaban J connectivity index is 2.11. The first-order chi connectivity index (χ1) is 12.1. The molecule has 25 heavy (non-hydrogen) atoms. The molecule has 1 unspecified atom stereocenters. The average Bonchev–Trinajstić information content (AvgIpc) is 3.11. The molecule has 1 atom stereocenters. The number of ether oxygens (including phenoxy) is 1. The zero-order valence-corrected chi connectivity index (χ0v) is 17.5. The van der Waals surface area contributed by atoms with Gasteiger partial charge in [-0.05, 0) is 48.2 Å². The molecule has 0 aromatic carbocycles. The minimum absolute atomic E-state index is 0.510. The molecule has 0 fully saturated rings. The van der Waals surface area contributed by atoms with Crippen molar-refractivity contribution in [2.45, 2.75) is 6.92 Å². The Morgan fingerprint density at radius 2 is 2.24 bits per heavy atom. The molecule has 3 heterocycles. The molecule has 0 saturated carbocycles. The second-order valence-corrected chi connectivity index (χ2v) is 7.55. The van der Waals surface area contributed by atoms with E-state index in [2.05, 4.69) is 49.1 Å². The first-order valence-electron chi connectivity index (χ1n) is 7.80. The van der Waals surface area contributed by atoms with Gasteiger partial charge in [-0.1, -0.05) is 6.58 Å². The van der Waals surface area contributed by atoms with Crippen LogP contribution in [0.1, 0.15) is 11.4 Å². The number of aryl methyl sites for hydroxylation is 2. The van der Waals surface area contributed by atoms with Gasteiger partial charge in [-0.3, -0.25) is 4.98 Å². The summed E-state index contributed by atoms with van der Waals surface area (Å²) < 4.78 is 9.64. The van der Waals surface area contributed by atoms with E-state index >= 15 is 0 Å². The van der Waals surface area contributed by atoms with Crippen molar-refractivity contribution >= 4 is 45.4 Å². The zero-order valence-electron chi connectivity index (χ0n) is 14.4. The van der Waals surface area contributed by atoms with Crippen LogP contribution in [0.25, 0.3) is 28.2 Å². The minimum atomic E-state index is 0.510. The lowest BCUT2D eigenvalue weighted by molar-refractivity contribution is 0.292. The van der Waals surface area contributed by atoms with Crippen LogP contribution < -0.4 is 10.1 Å².